The molecule has 1 aliphatic rings. The van der Waals surface area contributed by atoms with E-state index in [0.717, 1.165) is 36.9 Å². The average molecular weight is 342 g/mol. The van der Waals surface area contributed by atoms with Crippen molar-refractivity contribution in [2.24, 2.45) is 5.92 Å². The van der Waals surface area contributed by atoms with Crippen molar-refractivity contribution in [1.29, 1.82) is 0 Å². The molecule has 26 heavy (non-hydrogen) atoms. The molecule has 3 nitrogen and oxygen atoms in total. The first-order valence-corrected chi connectivity index (χ1v) is 9.13. The molecular weight excluding hydrogens is 320 g/mol. The zero-order chi connectivity index (χ0) is 17.8. The Kier molecular flexibility index (Phi) is 4.78. The molecule has 0 spiro atoms. The number of carbonyl (C=O) groups is 1. The summed E-state index contributed by atoms with van der Waals surface area (Å²) >= 11 is 0. The van der Waals surface area contributed by atoms with Crippen molar-refractivity contribution in [2.45, 2.75) is 25.3 Å². The first kappa shape index (κ1) is 16.5. The van der Waals surface area contributed by atoms with E-state index in [0.29, 0.717) is 0 Å². The second-order valence-electron chi connectivity index (χ2n) is 6.82. The SMILES string of the molecule is O=CC(C1CCc2ccccc2C1)N(c1ccccc1)c1cccnc1. The van der Waals surface area contributed by atoms with Crippen LogP contribution in [0.25, 0.3) is 0 Å². The quantitative estimate of drug-likeness (QED) is 0.636. The van der Waals surface area contributed by atoms with Crippen LogP contribution in [0.5, 0.6) is 0 Å². The lowest BCUT2D eigenvalue weighted by Gasteiger charge is -2.37. The number of aromatic nitrogens is 1. The summed E-state index contributed by atoms with van der Waals surface area (Å²) in [4.78, 5) is 18.7. The molecular formula is C23H22N2O. The van der Waals surface area contributed by atoms with Gasteiger partial charge in [-0.05, 0) is 60.6 Å². The van der Waals surface area contributed by atoms with Gasteiger partial charge in [-0.2, -0.15) is 0 Å². The van der Waals surface area contributed by atoms with Crippen LogP contribution in [0.2, 0.25) is 0 Å². The summed E-state index contributed by atoms with van der Waals surface area (Å²) < 4.78 is 0. The highest BCUT2D eigenvalue weighted by atomic mass is 16.1. The number of hydrogen-bond donors (Lipinski definition) is 0. The van der Waals surface area contributed by atoms with E-state index in [9.17, 15) is 4.79 Å². The van der Waals surface area contributed by atoms with E-state index in [1.54, 1.807) is 6.20 Å². The normalized spacial score (nSPS) is 17.2. The van der Waals surface area contributed by atoms with Gasteiger partial charge >= 0.3 is 0 Å². The van der Waals surface area contributed by atoms with Crippen LogP contribution in [0.15, 0.2) is 79.1 Å². The molecule has 130 valence electrons. The molecule has 2 aromatic carbocycles. The fourth-order valence-corrected chi connectivity index (χ4v) is 3.98. The van der Waals surface area contributed by atoms with E-state index in [1.807, 2.05) is 36.5 Å². The Hall–Kier alpha value is -2.94. The molecule has 0 amide bonds. The number of carbonyl (C=O) groups excluding carboxylic acids is 1. The fourth-order valence-electron chi connectivity index (χ4n) is 3.98. The summed E-state index contributed by atoms with van der Waals surface area (Å²) in [6.45, 7) is 0. The minimum atomic E-state index is -0.213. The largest absolute Gasteiger partial charge is 0.330 e. The van der Waals surface area contributed by atoms with Crippen LogP contribution in [0.3, 0.4) is 0 Å². The van der Waals surface area contributed by atoms with Gasteiger partial charge in [-0.3, -0.25) is 4.98 Å². The van der Waals surface area contributed by atoms with Crippen molar-refractivity contribution >= 4 is 17.7 Å². The third-order valence-corrected chi connectivity index (χ3v) is 5.26. The second-order valence-corrected chi connectivity index (χ2v) is 6.82. The molecule has 3 heteroatoms. The van der Waals surface area contributed by atoms with Gasteiger partial charge in [0.15, 0.2) is 0 Å². The highest BCUT2D eigenvalue weighted by Crippen LogP contribution is 2.34. The summed E-state index contributed by atoms with van der Waals surface area (Å²) in [7, 11) is 0. The molecule has 0 saturated heterocycles. The summed E-state index contributed by atoms with van der Waals surface area (Å²) in [6, 6.07) is 22.4. The Balaban J connectivity index is 1.71. The van der Waals surface area contributed by atoms with Crippen molar-refractivity contribution in [3.05, 3.63) is 90.3 Å². The molecule has 0 bridgehead atoms. The van der Waals surface area contributed by atoms with Gasteiger partial charge in [0.05, 0.1) is 17.9 Å². The van der Waals surface area contributed by atoms with E-state index < -0.39 is 0 Å². The van der Waals surface area contributed by atoms with Crippen LogP contribution in [0, 0.1) is 5.92 Å². The predicted octanol–water partition coefficient (Wildman–Crippen LogP) is 4.59. The zero-order valence-corrected chi connectivity index (χ0v) is 14.7. The topological polar surface area (TPSA) is 33.2 Å². The molecule has 1 heterocycles. The molecule has 0 fully saturated rings. The van der Waals surface area contributed by atoms with Gasteiger partial charge in [-0.25, -0.2) is 0 Å². The van der Waals surface area contributed by atoms with E-state index in [1.165, 1.54) is 11.1 Å². The van der Waals surface area contributed by atoms with E-state index in [2.05, 4.69) is 46.3 Å². The van der Waals surface area contributed by atoms with Crippen LogP contribution in [0.4, 0.5) is 11.4 Å². The second kappa shape index (κ2) is 7.52. The molecule has 2 atom stereocenters. The maximum atomic E-state index is 12.2. The zero-order valence-electron chi connectivity index (χ0n) is 14.7. The first-order valence-electron chi connectivity index (χ1n) is 9.13. The van der Waals surface area contributed by atoms with Gasteiger partial charge in [0.25, 0.3) is 0 Å². The molecule has 4 rings (SSSR count). The van der Waals surface area contributed by atoms with Crippen LogP contribution in [0.1, 0.15) is 17.5 Å². The number of para-hydroxylation sites is 1. The maximum Gasteiger partial charge on any atom is 0.143 e. The summed E-state index contributed by atoms with van der Waals surface area (Å²) in [5.74, 6) is 0.280. The van der Waals surface area contributed by atoms with Crippen molar-refractivity contribution < 1.29 is 4.79 Å². The van der Waals surface area contributed by atoms with Crippen molar-refractivity contribution in [3.63, 3.8) is 0 Å². The molecule has 0 saturated carbocycles. The summed E-state index contributed by atoms with van der Waals surface area (Å²) in [5.41, 5.74) is 4.77. The summed E-state index contributed by atoms with van der Waals surface area (Å²) in [6.07, 6.45) is 7.69. The number of rotatable bonds is 5. The Morgan fingerprint density at radius 3 is 2.38 bits per heavy atom. The molecule has 3 aromatic rings. The predicted molar refractivity (Wildman–Crippen MR) is 105 cm³/mol. The smallest absolute Gasteiger partial charge is 0.143 e. The number of anilines is 2. The molecule has 2 unspecified atom stereocenters. The average Bonchev–Trinajstić information content (AvgIpc) is 2.73. The Bertz CT molecular complexity index is 824. The minimum absolute atomic E-state index is 0.213. The molecule has 1 aromatic heterocycles. The Morgan fingerprint density at radius 2 is 1.65 bits per heavy atom. The van der Waals surface area contributed by atoms with Crippen LogP contribution in [-0.4, -0.2) is 17.3 Å². The molecule has 1 aliphatic carbocycles. The van der Waals surface area contributed by atoms with Gasteiger partial charge in [-0.1, -0.05) is 42.5 Å². The number of fused-ring (bicyclic) bond motifs is 1. The number of nitrogens with zero attached hydrogens (tertiary/aromatic N) is 2. The lowest BCUT2D eigenvalue weighted by molar-refractivity contribution is -0.109. The monoisotopic (exact) mass is 342 g/mol. The minimum Gasteiger partial charge on any atom is -0.330 e. The fraction of sp³-hybridized carbons (Fsp3) is 0.217. The van der Waals surface area contributed by atoms with E-state index in [4.69, 9.17) is 0 Å². The lowest BCUT2D eigenvalue weighted by atomic mass is 9.79. The van der Waals surface area contributed by atoms with E-state index in [-0.39, 0.29) is 12.0 Å². The number of hydrogen-bond acceptors (Lipinski definition) is 3. The lowest BCUT2D eigenvalue weighted by Crippen LogP contribution is -2.41. The molecule has 0 radical (unpaired) electrons. The van der Waals surface area contributed by atoms with Gasteiger partial charge < -0.3 is 9.69 Å². The Morgan fingerprint density at radius 1 is 0.923 bits per heavy atom. The number of aldehydes is 1. The van der Waals surface area contributed by atoms with Gasteiger partial charge in [0.2, 0.25) is 0 Å². The number of pyridine rings is 1. The standard InChI is InChI=1S/C23H22N2O/c26-17-23(20-13-12-18-7-4-5-8-19(18)15-20)25(21-9-2-1-3-10-21)22-11-6-14-24-16-22/h1-11,14,16-17,20,23H,12-13,15H2. The van der Waals surface area contributed by atoms with Crippen molar-refractivity contribution in [3.8, 4) is 0 Å². The summed E-state index contributed by atoms with van der Waals surface area (Å²) in [5, 5.41) is 0. The van der Waals surface area contributed by atoms with Gasteiger partial charge in [0.1, 0.15) is 6.29 Å². The maximum absolute atomic E-state index is 12.2. The highest BCUT2D eigenvalue weighted by Gasteiger charge is 2.31. The van der Waals surface area contributed by atoms with Crippen LogP contribution in [-0.2, 0) is 17.6 Å². The highest BCUT2D eigenvalue weighted by molar-refractivity contribution is 5.74. The number of benzene rings is 2. The van der Waals surface area contributed by atoms with Gasteiger partial charge in [0, 0.05) is 11.9 Å². The van der Waals surface area contributed by atoms with Gasteiger partial charge in [-0.15, -0.1) is 0 Å². The number of aryl methyl sites for hydroxylation is 1. The molecule has 0 N–H and O–H groups in total. The third kappa shape index (κ3) is 3.25. The van der Waals surface area contributed by atoms with Crippen LogP contribution >= 0.6 is 0 Å². The van der Waals surface area contributed by atoms with E-state index >= 15 is 0 Å². The molecule has 0 aliphatic heterocycles. The van der Waals surface area contributed by atoms with Crippen molar-refractivity contribution in [2.75, 3.05) is 4.90 Å². The third-order valence-electron chi connectivity index (χ3n) is 5.26. The van der Waals surface area contributed by atoms with Crippen LogP contribution < -0.4 is 4.90 Å². The van der Waals surface area contributed by atoms with Crippen molar-refractivity contribution in [1.82, 2.24) is 4.98 Å². The first-order chi connectivity index (χ1) is 12.9. The Labute approximate surface area is 154 Å².